The van der Waals surface area contributed by atoms with Gasteiger partial charge >= 0.3 is 0 Å². The smallest absolute Gasteiger partial charge is 0.224 e. The molecule has 0 aromatic heterocycles. The molecule has 0 heterocycles. The van der Waals surface area contributed by atoms with E-state index in [2.05, 4.69) is 5.32 Å². The predicted octanol–water partition coefficient (Wildman–Crippen LogP) is 1.57. The normalized spacial score (nSPS) is 11.3. The first kappa shape index (κ1) is 14.5. The molecular weight excluding hydrogens is 228 g/mol. The highest BCUT2D eigenvalue weighted by Gasteiger charge is 2.25. The lowest BCUT2D eigenvalue weighted by Crippen LogP contribution is -2.53. The van der Waals surface area contributed by atoms with Gasteiger partial charge in [-0.05, 0) is 30.5 Å². The standard InChI is InChI=1S/C14H22N2O2/c1-3-14(4-2,10-15)16-13(18)9-11-5-7-12(17)8-6-11/h5-8,17H,3-4,9-10,15H2,1-2H3,(H,16,18). The van der Waals surface area contributed by atoms with E-state index in [4.69, 9.17) is 5.73 Å². The summed E-state index contributed by atoms with van der Waals surface area (Å²) in [5.41, 5.74) is 6.32. The molecule has 1 aromatic rings. The second-order valence-corrected chi connectivity index (χ2v) is 4.58. The number of phenols is 1. The van der Waals surface area contributed by atoms with E-state index in [-0.39, 0.29) is 17.2 Å². The maximum atomic E-state index is 12.0. The van der Waals surface area contributed by atoms with Crippen molar-refractivity contribution in [2.45, 2.75) is 38.6 Å². The van der Waals surface area contributed by atoms with Gasteiger partial charge < -0.3 is 16.2 Å². The van der Waals surface area contributed by atoms with Crippen LogP contribution in [0.4, 0.5) is 0 Å². The Morgan fingerprint density at radius 2 is 1.83 bits per heavy atom. The molecule has 0 saturated carbocycles. The predicted molar refractivity (Wildman–Crippen MR) is 72.3 cm³/mol. The lowest BCUT2D eigenvalue weighted by Gasteiger charge is -2.31. The zero-order valence-corrected chi connectivity index (χ0v) is 11.1. The van der Waals surface area contributed by atoms with Crippen LogP contribution in [0.3, 0.4) is 0 Å². The molecule has 0 atom stereocenters. The average molecular weight is 250 g/mol. The molecule has 0 aliphatic rings. The van der Waals surface area contributed by atoms with E-state index in [0.29, 0.717) is 13.0 Å². The Labute approximate surface area is 108 Å². The van der Waals surface area contributed by atoms with Gasteiger partial charge in [-0.2, -0.15) is 0 Å². The zero-order chi connectivity index (χ0) is 13.6. The number of aromatic hydroxyl groups is 1. The lowest BCUT2D eigenvalue weighted by molar-refractivity contribution is -0.122. The molecule has 0 aliphatic carbocycles. The van der Waals surface area contributed by atoms with Crippen molar-refractivity contribution < 1.29 is 9.90 Å². The summed E-state index contributed by atoms with van der Waals surface area (Å²) in [4.78, 5) is 12.0. The van der Waals surface area contributed by atoms with Crippen molar-refractivity contribution in [2.24, 2.45) is 5.73 Å². The molecule has 4 nitrogen and oxygen atoms in total. The molecule has 1 amide bonds. The topological polar surface area (TPSA) is 75.3 Å². The Kier molecular flexibility index (Phi) is 5.16. The van der Waals surface area contributed by atoms with Crippen LogP contribution in [-0.2, 0) is 11.2 Å². The first-order valence-corrected chi connectivity index (χ1v) is 6.34. The fraction of sp³-hybridized carbons (Fsp3) is 0.500. The van der Waals surface area contributed by atoms with Crippen molar-refractivity contribution in [1.82, 2.24) is 5.32 Å². The quantitative estimate of drug-likeness (QED) is 0.717. The Balaban J connectivity index is 2.63. The van der Waals surface area contributed by atoms with E-state index in [1.165, 1.54) is 0 Å². The summed E-state index contributed by atoms with van der Waals surface area (Å²) >= 11 is 0. The van der Waals surface area contributed by atoms with E-state index in [1.807, 2.05) is 13.8 Å². The van der Waals surface area contributed by atoms with Gasteiger partial charge in [-0.3, -0.25) is 4.79 Å². The molecule has 18 heavy (non-hydrogen) atoms. The summed E-state index contributed by atoms with van der Waals surface area (Å²) in [5.74, 6) is 0.174. The van der Waals surface area contributed by atoms with Crippen molar-refractivity contribution in [2.75, 3.05) is 6.54 Å². The van der Waals surface area contributed by atoms with Crippen LogP contribution in [0.15, 0.2) is 24.3 Å². The Hall–Kier alpha value is -1.55. The number of benzene rings is 1. The van der Waals surface area contributed by atoms with Gasteiger partial charge in [0.15, 0.2) is 0 Å². The van der Waals surface area contributed by atoms with Crippen LogP contribution in [0.1, 0.15) is 32.3 Å². The van der Waals surface area contributed by atoms with Crippen molar-refractivity contribution >= 4 is 5.91 Å². The number of carbonyl (C=O) groups is 1. The molecule has 0 bridgehead atoms. The highest BCUT2D eigenvalue weighted by molar-refractivity contribution is 5.79. The number of nitrogens with two attached hydrogens (primary N) is 1. The van der Waals surface area contributed by atoms with Crippen LogP contribution in [0.25, 0.3) is 0 Å². The molecule has 4 heteroatoms. The summed E-state index contributed by atoms with van der Waals surface area (Å²) in [6, 6.07) is 6.66. The maximum absolute atomic E-state index is 12.0. The highest BCUT2D eigenvalue weighted by Crippen LogP contribution is 2.14. The maximum Gasteiger partial charge on any atom is 0.224 e. The van der Waals surface area contributed by atoms with Crippen molar-refractivity contribution in [1.29, 1.82) is 0 Å². The summed E-state index contributed by atoms with van der Waals surface area (Å²) in [6.45, 7) is 4.50. The van der Waals surface area contributed by atoms with E-state index >= 15 is 0 Å². The van der Waals surface area contributed by atoms with Gasteiger partial charge in [0.25, 0.3) is 0 Å². The van der Waals surface area contributed by atoms with E-state index in [1.54, 1.807) is 24.3 Å². The number of nitrogens with one attached hydrogen (secondary N) is 1. The number of rotatable bonds is 6. The van der Waals surface area contributed by atoms with Crippen LogP contribution >= 0.6 is 0 Å². The Bertz CT molecular complexity index is 375. The van der Waals surface area contributed by atoms with E-state index in [9.17, 15) is 9.90 Å². The van der Waals surface area contributed by atoms with Crippen LogP contribution < -0.4 is 11.1 Å². The number of carbonyl (C=O) groups excluding carboxylic acids is 1. The zero-order valence-electron chi connectivity index (χ0n) is 11.1. The third-order valence-corrected chi connectivity index (χ3v) is 3.45. The van der Waals surface area contributed by atoms with Crippen LogP contribution in [0.5, 0.6) is 5.75 Å². The number of phenolic OH excluding ortho intramolecular Hbond substituents is 1. The second-order valence-electron chi connectivity index (χ2n) is 4.58. The minimum Gasteiger partial charge on any atom is -0.508 e. The van der Waals surface area contributed by atoms with Gasteiger partial charge in [0.2, 0.25) is 5.91 Å². The highest BCUT2D eigenvalue weighted by atomic mass is 16.3. The van der Waals surface area contributed by atoms with Gasteiger partial charge in [-0.25, -0.2) is 0 Å². The molecule has 1 rings (SSSR count). The third kappa shape index (κ3) is 3.74. The Morgan fingerprint density at radius 3 is 2.28 bits per heavy atom. The van der Waals surface area contributed by atoms with Crippen LogP contribution in [0.2, 0.25) is 0 Å². The Morgan fingerprint density at radius 1 is 1.28 bits per heavy atom. The monoisotopic (exact) mass is 250 g/mol. The van der Waals surface area contributed by atoms with Crippen LogP contribution in [-0.4, -0.2) is 23.1 Å². The third-order valence-electron chi connectivity index (χ3n) is 3.45. The summed E-state index contributed by atoms with van der Waals surface area (Å²) in [7, 11) is 0. The lowest BCUT2D eigenvalue weighted by atomic mass is 9.92. The number of amides is 1. The summed E-state index contributed by atoms with van der Waals surface area (Å²) in [5, 5.41) is 12.2. The molecule has 0 unspecified atom stereocenters. The molecule has 0 aliphatic heterocycles. The van der Waals surface area contributed by atoms with Gasteiger partial charge in [0.1, 0.15) is 5.75 Å². The van der Waals surface area contributed by atoms with E-state index < -0.39 is 0 Å². The first-order chi connectivity index (χ1) is 8.55. The van der Waals surface area contributed by atoms with Crippen molar-refractivity contribution in [3.63, 3.8) is 0 Å². The van der Waals surface area contributed by atoms with Crippen molar-refractivity contribution in [3.05, 3.63) is 29.8 Å². The van der Waals surface area contributed by atoms with Gasteiger partial charge in [-0.1, -0.05) is 26.0 Å². The molecule has 1 aromatic carbocycles. The van der Waals surface area contributed by atoms with Crippen LogP contribution in [0, 0.1) is 0 Å². The summed E-state index contributed by atoms with van der Waals surface area (Å²) in [6.07, 6.45) is 1.95. The van der Waals surface area contributed by atoms with E-state index in [0.717, 1.165) is 18.4 Å². The molecule has 100 valence electrons. The first-order valence-electron chi connectivity index (χ1n) is 6.34. The average Bonchev–Trinajstić information content (AvgIpc) is 2.39. The largest absolute Gasteiger partial charge is 0.508 e. The molecule has 0 saturated heterocycles. The SMILES string of the molecule is CCC(CC)(CN)NC(=O)Cc1ccc(O)cc1. The van der Waals surface area contributed by atoms with Crippen molar-refractivity contribution in [3.8, 4) is 5.75 Å². The molecular formula is C14H22N2O2. The molecule has 4 N–H and O–H groups in total. The fourth-order valence-electron chi connectivity index (χ4n) is 1.91. The van der Waals surface area contributed by atoms with Gasteiger partial charge in [-0.15, -0.1) is 0 Å². The minimum atomic E-state index is -0.298. The van der Waals surface area contributed by atoms with Gasteiger partial charge in [0, 0.05) is 6.54 Å². The molecule has 0 spiro atoms. The fourth-order valence-corrected chi connectivity index (χ4v) is 1.91. The molecule has 0 radical (unpaired) electrons. The summed E-state index contributed by atoms with van der Waals surface area (Å²) < 4.78 is 0. The van der Waals surface area contributed by atoms with Gasteiger partial charge in [0.05, 0.1) is 12.0 Å². The number of hydrogen-bond acceptors (Lipinski definition) is 3. The molecule has 0 fully saturated rings. The second kappa shape index (κ2) is 6.40. The minimum absolute atomic E-state index is 0.0326. The number of hydrogen-bond donors (Lipinski definition) is 3.